The topological polar surface area (TPSA) is 122 Å². The van der Waals surface area contributed by atoms with Crippen molar-refractivity contribution in [3.8, 4) is 5.95 Å². The summed E-state index contributed by atoms with van der Waals surface area (Å²) in [6.07, 6.45) is 3.55. The first-order valence-corrected chi connectivity index (χ1v) is 7.61. The fraction of sp³-hybridized carbons (Fsp3) is 0.400. The van der Waals surface area contributed by atoms with Gasteiger partial charge in [0.15, 0.2) is 0 Å². The molecule has 2 aromatic rings. The van der Waals surface area contributed by atoms with E-state index in [-0.39, 0.29) is 18.9 Å². The van der Waals surface area contributed by atoms with Gasteiger partial charge in [-0.2, -0.15) is 9.78 Å². The first kappa shape index (κ1) is 17.4. The molecule has 2 amide bonds. The molecule has 0 aliphatic carbocycles. The predicted molar refractivity (Wildman–Crippen MR) is 87.1 cm³/mol. The highest BCUT2D eigenvalue weighted by atomic mass is 16.4. The van der Waals surface area contributed by atoms with Gasteiger partial charge in [-0.3, -0.25) is 10.1 Å². The van der Waals surface area contributed by atoms with Gasteiger partial charge in [-0.1, -0.05) is 13.8 Å². The molecule has 0 saturated heterocycles. The van der Waals surface area contributed by atoms with Crippen LogP contribution in [0.3, 0.4) is 0 Å². The molecular formula is C15H20N6O3. The van der Waals surface area contributed by atoms with Gasteiger partial charge < -0.3 is 10.4 Å². The quantitative estimate of drug-likeness (QED) is 0.664. The van der Waals surface area contributed by atoms with Crippen molar-refractivity contribution in [2.45, 2.75) is 32.6 Å². The monoisotopic (exact) mass is 332 g/mol. The number of aliphatic carboxylic acids is 1. The summed E-state index contributed by atoms with van der Waals surface area (Å²) in [7, 11) is 0. The molecule has 9 nitrogen and oxygen atoms in total. The van der Waals surface area contributed by atoms with Crippen LogP contribution < -0.4 is 10.6 Å². The Hall–Kier alpha value is -2.97. The summed E-state index contributed by atoms with van der Waals surface area (Å²) >= 11 is 0. The Balaban J connectivity index is 2.08. The molecule has 0 aromatic carbocycles. The zero-order valence-corrected chi connectivity index (χ0v) is 13.6. The fourth-order valence-electron chi connectivity index (χ4n) is 1.93. The molecule has 0 bridgehead atoms. The van der Waals surface area contributed by atoms with E-state index < -0.39 is 12.0 Å². The van der Waals surface area contributed by atoms with Gasteiger partial charge >= 0.3 is 12.0 Å². The highest BCUT2D eigenvalue weighted by Crippen LogP contribution is 2.20. The van der Waals surface area contributed by atoms with Gasteiger partial charge in [-0.15, -0.1) is 0 Å². The molecule has 2 aromatic heterocycles. The number of hydrogen-bond acceptors (Lipinski definition) is 5. The van der Waals surface area contributed by atoms with Crippen molar-refractivity contribution in [3.63, 3.8) is 0 Å². The van der Waals surface area contributed by atoms with Crippen LogP contribution in [0.5, 0.6) is 0 Å². The second-order valence-electron chi connectivity index (χ2n) is 5.45. The SMILES string of the molecule is CC(C)c1cc(NC(=O)NCCCC(=O)O)n(-c2ncccn2)n1. The van der Waals surface area contributed by atoms with E-state index >= 15 is 0 Å². The molecule has 24 heavy (non-hydrogen) atoms. The lowest BCUT2D eigenvalue weighted by Crippen LogP contribution is -2.30. The van der Waals surface area contributed by atoms with Crippen molar-refractivity contribution < 1.29 is 14.7 Å². The first-order valence-electron chi connectivity index (χ1n) is 7.61. The van der Waals surface area contributed by atoms with Crippen LogP contribution in [0.1, 0.15) is 38.3 Å². The lowest BCUT2D eigenvalue weighted by molar-refractivity contribution is -0.137. The number of nitrogens with one attached hydrogen (secondary N) is 2. The maximum atomic E-state index is 12.0. The molecule has 0 atom stereocenters. The maximum absolute atomic E-state index is 12.0. The minimum absolute atomic E-state index is 0.00751. The van der Waals surface area contributed by atoms with Gasteiger partial charge in [0.1, 0.15) is 5.82 Å². The lowest BCUT2D eigenvalue weighted by atomic mass is 10.1. The third kappa shape index (κ3) is 4.77. The molecule has 0 radical (unpaired) electrons. The Morgan fingerprint density at radius 1 is 1.29 bits per heavy atom. The van der Waals surface area contributed by atoms with Crippen molar-refractivity contribution in [1.82, 2.24) is 25.1 Å². The van der Waals surface area contributed by atoms with Gasteiger partial charge in [-0.25, -0.2) is 14.8 Å². The number of urea groups is 1. The lowest BCUT2D eigenvalue weighted by Gasteiger charge is -2.08. The van der Waals surface area contributed by atoms with Crippen molar-refractivity contribution in [2.24, 2.45) is 0 Å². The Bertz CT molecular complexity index is 698. The van der Waals surface area contributed by atoms with E-state index in [0.717, 1.165) is 5.69 Å². The van der Waals surface area contributed by atoms with Crippen LogP contribution >= 0.6 is 0 Å². The Kier molecular flexibility index (Phi) is 5.83. The molecule has 128 valence electrons. The zero-order valence-electron chi connectivity index (χ0n) is 13.6. The summed E-state index contributed by atoms with van der Waals surface area (Å²) in [5.41, 5.74) is 0.795. The highest BCUT2D eigenvalue weighted by Gasteiger charge is 2.15. The van der Waals surface area contributed by atoms with Gasteiger partial charge in [-0.05, 0) is 18.4 Å². The first-order chi connectivity index (χ1) is 11.5. The molecule has 9 heteroatoms. The minimum atomic E-state index is -0.891. The average molecular weight is 332 g/mol. The Morgan fingerprint density at radius 2 is 2.00 bits per heavy atom. The number of nitrogens with zero attached hydrogens (tertiary/aromatic N) is 4. The van der Waals surface area contributed by atoms with E-state index in [9.17, 15) is 9.59 Å². The number of carboxylic acids is 1. The van der Waals surface area contributed by atoms with E-state index in [0.29, 0.717) is 18.2 Å². The van der Waals surface area contributed by atoms with Crippen LogP contribution in [0.4, 0.5) is 10.6 Å². The molecule has 0 spiro atoms. The summed E-state index contributed by atoms with van der Waals surface area (Å²) in [5, 5.41) is 18.3. The van der Waals surface area contributed by atoms with Crippen LogP contribution in [0.2, 0.25) is 0 Å². The largest absolute Gasteiger partial charge is 0.481 e. The number of carbonyl (C=O) groups is 2. The number of hydrogen-bond donors (Lipinski definition) is 3. The third-order valence-corrected chi connectivity index (χ3v) is 3.16. The van der Waals surface area contributed by atoms with Crippen molar-refractivity contribution in [2.75, 3.05) is 11.9 Å². The van der Waals surface area contributed by atoms with Gasteiger partial charge in [0.2, 0.25) is 0 Å². The molecule has 3 N–H and O–H groups in total. The zero-order chi connectivity index (χ0) is 17.5. The summed E-state index contributed by atoms with van der Waals surface area (Å²) < 4.78 is 1.46. The van der Waals surface area contributed by atoms with Crippen molar-refractivity contribution in [1.29, 1.82) is 0 Å². The Morgan fingerprint density at radius 3 is 2.62 bits per heavy atom. The smallest absolute Gasteiger partial charge is 0.320 e. The van der Waals surface area contributed by atoms with Crippen LogP contribution in [-0.2, 0) is 4.79 Å². The molecule has 2 heterocycles. The normalized spacial score (nSPS) is 10.6. The summed E-state index contributed by atoms with van der Waals surface area (Å²) in [5.74, 6) is 0.0819. The number of rotatable bonds is 7. The number of carboxylic acid groups (broad SMARTS) is 1. The second-order valence-corrected chi connectivity index (χ2v) is 5.45. The van der Waals surface area contributed by atoms with Crippen molar-refractivity contribution in [3.05, 3.63) is 30.2 Å². The molecule has 0 saturated carbocycles. The van der Waals surface area contributed by atoms with Crippen LogP contribution in [-0.4, -0.2) is 43.4 Å². The molecule has 2 rings (SSSR count). The van der Waals surface area contributed by atoms with E-state index in [2.05, 4.69) is 25.7 Å². The van der Waals surface area contributed by atoms with E-state index in [1.807, 2.05) is 13.8 Å². The maximum Gasteiger partial charge on any atom is 0.320 e. The van der Waals surface area contributed by atoms with Crippen LogP contribution in [0.15, 0.2) is 24.5 Å². The minimum Gasteiger partial charge on any atom is -0.481 e. The number of amides is 2. The molecule has 0 aliphatic heterocycles. The molecular weight excluding hydrogens is 312 g/mol. The number of aromatic nitrogens is 4. The third-order valence-electron chi connectivity index (χ3n) is 3.16. The average Bonchev–Trinajstić information content (AvgIpc) is 2.96. The summed E-state index contributed by atoms with van der Waals surface area (Å²) in [4.78, 5) is 30.7. The molecule has 0 unspecified atom stereocenters. The van der Waals surface area contributed by atoms with E-state index in [1.54, 1.807) is 24.5 Å². The van der Waals surface area contributed by atoms with Gasteiger partial charge in [0, 0.05) is 31.4 Å². The predicted octanol–water partition coefficient (Wildman–Crippen LogP) is 1.77. The summed E-state index contributed by atoms with van der Waals surface area (Å²) in [6.45, 7) is 4.26. The number of anilines is 1. The molecule has 0 aliphatic rings. The van der Waals surface area contributed by atoms with Gasteiger partial charge in [0.25, 0.3) is 5.95 Å². The van der Waals surface area contributed by atoms with Crippen LogP contribution in [0, 0.1) is 0 Å². The number of carbonyl (C=O) groups excluding carboxylic acids is 1. The Labute approximate surface area is 139 Å². The highest BCUT2D eigenvalue weighted by molar-refractivity contribution is 5.88. The molecule has 0 fully saturated rings. The fourth-order valence-corrected chi connectivity index (χ4v) is 1.93. The van der Waals surface area contributed by atoms with Crippen LogP contribution in [0.25, 0.3) is 5.95 Å². The van der Waals surface area contributed by atoms with Crippen molar-refractivity contribution >= 4 is 17.8 Å². The summed E-state index contributed by atoms with van der Waals surface area (Å²) in [6, 6.07) is 3.02. The second kappa shape index (κ2) is 8.04. The van der Waals surface area contributed by atoms with E-state index in [4.69, 9.17) is 5.11 Å². The van der Waals surface area contributed by atoms with E-state index in [1.165, 1.54) is 4.68 Å². The van der Waals surface area contributed by atoms with Gasteiger partial charge in [0.05, 0.1) is 5.69 Å². The standard InChI is InChI=1S/C15H20N6O3/c1-10(2)11-9-12(19-15(24)18-6-3-5-13(22)23)21(20-11)14-16-7-4-8-17-14/h4,7-10H,3,5-6H2,1-2H3,(H,22,23)(H2,18,19,24).